The van der Waals surface area contributed by atoms with Crippen LogP contribution in [0.1, 0.15) is 31.5 Å². The highest BCUT2D eigenvalue weighted by Crippen LogP contribution is 2.31. The molecule has 1 aromatic heterocycles. The van der Waals surface area contributed by atoms with Crippen molar-refractivity contribution in [3.05, 3.63) is 30.1 Å². The SMILES string of the molecule is COc1ccc(-c2nc(CC3CCN(C(=O)C4CCC4)C3)no2)cc1. The fraction of sp³-hybridized carbons (Fsp3) is 0.526. The molecule has 1 aliphatic carbocycles. The lowest BCUT2D eigenvalue weighted by atomic mass is 9.84. The van der Waals surface area contributed by atoms with Gasteiger partial charge in [0.25, 0.3) is 5.89 Å². The summed E-state index contributed by atoms with van der Waals surface area (Å²) in [6.07, 6.45) is 5.11. The van der Waals surface area contributed by atoms with E-state index in [1.165, 1.54) is 6.42 Å². The number of aromatic nitrogens is 2. The van der Waals surface area contributed by atoms with Crippen LogP contribution in [0.3, 0.4) is 0 Å². The average molecular weight is 341 g/mol. The third kappa shape index (κ3) is 3.38. The van der Waals surface area contributed by atoms with E-state index < -0.39 is 0 Å². The Labute approximate surface area is 147 Å². The molecule has 4 rings (SSSR count). The summed E-state index contributed by atoms with van der Waals surface area (Å²) in [5.41, 5.74) is 0.882. The van der Waals surface area contributed by atoms with E-state index in [1.807, 2.05) is 29.2 Å². The van der Waals surface area contributed by atoms with Gasteiger partial charge in [-0.1, -0.05) is 11.6 Å². The lowest BCUT2D eigenvalue weighted by Crippen LogP contribution is -2.37. The van der Waals surface area contributed by atoms with Crippen molar-refractivity contribution in [3.63, 3.8) is 0 Å². The zero-order valence-electron chi connectivity index (χ0n) is 14.5. The quantitative estimate of drug-likeness (QED) is 0.836. The molecule has 1 aromatic carbocycles. The van der Waals surface area contributed by atoms with Crippen LogP contribution in [0.25, 0.3) is 11.5 Å². The maximum absolute atomic E-state index is 12.3. The Morgan fingerprint density at radius 3 is 2.76 bits per heavy atom. The second kappa shape index (κ2) is 6.86. The summed E-state index contributed by atoms with van der Waals surface area (Å²) in [5.74, 6) is 3.09. The summed E-state index contributed by atoms with van der Waals surface area (Å²) >= 11 is 0. The molecule has 1 unspecified atom stereocenters. The second-order valence-corrected chi connectivity index (χ2v) is 7.02. The Balaban J connectivity index is 1.35. The first-order valence-electron chi connectivity index (χ1n) is 8.98. The molecule has 6 nitrogen and oxygen atoms in total. The van der Waals surface area contributed by atoms with Crippen LogP contribution in [0.2, 0.25) is 0 Å². The summed E-state index contributed by atoms with van der Waals surface area (Å²) in [4.78, 5) is 18.9. The highest BCUT2D eigenvalue weighted by Gasteiger charge is 2.34. The topological polar surface area (TPSA) is 68.5 Å². The fourth-order valence-corrected chi connectivity index (χ4v) is 3.56. The lowest BCUT2D eigenvalue weighted by molar-refractivity contribution is -0.137. The molecule has 0 spiro atoms. The Morgan fingerprint density at radius 2 is 2.08 bits per heavy atom. The second-order valence-electron chi connectivity index (χ2n) is 7.02. The van der Waals surface area contributed by atoms with Crippen molar-refractivity contribution >= 4 is 5.91 Å². The molecule has 2 heterocycles. The van der Waals surface area contributed by atoms with E-state index >= 15 is 0 Å². The Bertz CT molecular complexity index is 737. The number of benzene rings is 1. The Kier molecular flexibility index (Phi) is 4.42. The van der Waals surface area contributed by atoms with Crippen LogP contribution in [-0.4, -0.2) is 41.1 Å². The maximum Gasteiger partial charge on any atom is 0.257 e. The van der Waals surface area contributed by atoms with Crippen molar-refractivity contribution in [2.45, 2.75) is 32.1 Å². The summed E-state index contributed by atoms with van der Waals surface area (Å²) in [5, 5.41) is 4.11. The van der Waals surface area contributed by atoms with Crippen molar-refractivity contribution < 1.29 is 14.1 Å². The van der Waals surface area contributed by atoms with E-state index in [0.717, 1.165) is 50.1 Å². The van der Waals surface area contributed by atoms with Crippen LogP contribution < -0.4 is 4.74 Å². The highest BCUT2D eigenvalue weighted by molar-refractivity contribution is 5.79. The number of ether oxygens (including phenoxy) is 1. The predicted octanol–water partition coefficient (Wildman–Crippen LogP) is 2.94. The molecule has 25 heavy (non-hydrogen) atoms. The molecule has 1 saturated heterocycles. The normalized spacial score (nSPS) is 20.5. The Morgan fingerprint density at radius 1 is 1.28 bits per heavy atom. The van der Waals surface area contributed by atoms with Crippen molar-refractivity contribution in [2.24, 2.45) is 11.8 Å². The number of methoxy groups -OCH3 is 1. The van der Waals surface area contributed by atoms with Crippen molar-refractivity contribution in [3.8, 4) is 17.2 Å². The number of nitrogens with zero attached hydrogens (tertiary/aromatic N) is 3. The smallest absolute Gasteiger partial charge is 0.257 e. The number of hydrogen-bond acceptors (Lipinski definition) is 5. The molecular weight excluding hydrogens is 318 g/mol. The molecule has 2 fully saturated rings. The monoisotopic (exact) mass is 341 g/mol. The number of amides is 1. The van der Waals surface area contributed by atoms with Crippen molar-refractivity contribution in [2.75, 3.05) is 20.2 Å². The molecule has 2 aliphatic rings. The minimum Gasteiger partial charge on any atom is -0.497 e. The van der Waals surface area contributed by atoms with Gasteiger partial charge in [0.05, 0.1) is 7.11 Å². The van der Waals surface area contributed by atoms with Crippen molar-refractivity contribution in [1.29, 1.82) is 0 Å². The van der Waals surface area contributed by atoms with Gasteiger partial charge in [-0.05, 0) is 49.4 Å². The molecular formula is C19H23N3O3. The van der Waals surface area contributed by atoms with Crippen molar-refractivity contribution in [1.82, 2.24) is 15.0 Å². The fourth-order valence-electron chi connectivity index (χ4n) is 3.56. The number of carbonyl (C=O) groups excluding carboxylic acids is 1. The average Bonchev–Trinajstić information content (AvgIpc) is 3.23. The first-order chi connectivity index (χ1) is 12.2. The van der Waals surface area contributed by atoms with Crippen LogP contribution in [-0.2, 0) is 11.2 Å². The number of likely N-dealkylation sites (tertiary alicyclic amines) is 1. The van der Waals surface area contributed by atoms with Crippen LogP contribution in [0.4, 0.5) is 0 Å². The summed E-state index contributed by atoms with van der Waals surface area (Å²) in [7, 11) is 1.64. The van der Waals surface area contributed by atoms with Crippen LogP contribution >= 0.6 is 0 Å². The molecule has 0 N–H and O–H groups in total. The minimum atomic E-state index is 0.283. The molecule has 1 atom stereocenters. The van der Waals surface area contributed by atoms with Gasteiger partial charge in [0.15, 0.2) is 5.82 Å². The number of carbonyl (C=O) groups is 1. The van der Waals surface area contributed by atoms with E-state index in [-0.39, 0.29) is 5.92 Å². The van der Waals surface area contributed by atoms with Gasteiger partial charge in [0, 0.05) is 31.0 Å². The maximum atomic E-state index is 12.3. The van der Waals surface area contributed by atoms with Gasteiger partial charge in [0.1, 0.15) is 5.75 Å². The molecule has 0 bridgehead atoms. The van der Waals surface area contributed by atoms with Gasteiger partial charge in [0.2, 0.25) is 5.91 Å². The zero-order valence-corrected chi connectivity index (χ0v) is 14.5. The minimum absolute atomic E-state index is 0.283. The summed E-state index contributed by atoms with van der Waals surface area (Å²) < 4.78 is 10.5. The molecule has 0 radical (unpaired) electrons. The van der Waals surface area contributed by atoms with Gasteiger partial charge in [-0.3, -0.25) is 4.79 Å². The largest absolute Gasteiger partial charge is 0.497 e. The zero-order chi connectivity index (χ0) is 17.2. The van der Waals surface area contributed by atoms with E-state index in [2.05, 4.69) is 10.1 Å². The lowest BCUT2D eigenvalue weighted by Gasteiger charge is -2.29. The van der Waals surface area contributed by atoms with Gasteiger partial charge in [-0.2, -0.15) is 4.98 Å². The van der Waals surface area contributed by atoms with Crippen LogP contribution in [0.15, 0.2) is 28.8 Å². The molecule has 1 amide bonds. The van der Waals surface area contributed by atoms with Gasteiger partial charge >= 0.3 is 0 Å². The van der Waals surface area contributed by atoms with Crippen LogP contribution in [0.5, 0.6) is 5.75 Å². The first-order valence-corrected chi connectivity index (χ1v) is 8.98. The summed E-state index contributed by atoms with van der Waals surface area (Å²) in [6.45, 7) is 1.69. The van der Waals surface area contributed by atoms with E-state index in [0.29, 0.717) is 23.5 Å². The number of rotatable bonds is 5. The first kappa shape index (κ1) is 16.1. The van der Waals surface area contributed by atoms with E-state index in [1.54, 1.807) is 7.11 Å². The van der Waals surface area contributed by atoms with Gasteiger partial charge in [-0.25, -0.2) is 0 Å². The van der Waals surface area contributed by atoms with Gasteiger partial charge < -0.3 is 14.2 Å². The van der Waals surface area contributed by atoms with E-state index in [9.17, 15) is 4.79 Å². The molecule has 2 aromatic rings. The third-order valence-corrected chi connectivity index (χ3v) is 5.33. The van der Waals surface area contributed by atoms with Gasteiger partial charge in [-0.15, -0.1) is 0 Å². The standard InChI is InChI=1S/C19H23N3O3/c1-24-16-7-5-14(6-8-16)18-20-17(21-25-18)11-13-9-10-22(12-13)19(23)15-3-2-4-15/h5-8,13,15H,2-4,9-12H2,1H3. The molecule has 1 aliphatic heterocycles. The third-order valence-electron chi connectivity index (χ3n) is 5.33. The highest BCUT2D eigenvalue weighted by atomic mass is 16.5. The molecule has 1 saturated carbocycles. The molecule has 6 heteroatoms. The Hall–Kier alpha value is -2.37. The predicted molar refractivity (Wildman–Crippen MR) is 92.0 cm³/mol. The van der Waals surface area contributed by atoms with Crippen LogP contribution in [0, 0.1) is 11.8 Å². The molecule has 132 valence electrons. The number of hydrogen-bond donors (Lipinski definition) is 0. The summed E-state index contributed by atoms with van der Waals surface area (Å²) in [6, 6.07) is 7.57. The van der Waals surface area contributed by atoms with E-state index in [4.69, 9.17) is 9.26 Å².